The van der Waals surface area contributed by atoms with E-state index in [0.29, 0.717) is 38.6 Å². The summed E-state index contributed by atoms with van der Waals surface area (Å²) in [6, 6.07) is 1.11. The molecule has 3 unspecified atom stereocenters. The van der Waals surface area contributed by atoms with Crippen molar-refractivity contribution in [2.24, 2.45) is 11.8 Å². The first kappa shape index (κ1) is 27.9. The maximum atomic E-state index is 14.0. The number of amides is 2. The summed E-state index contributed by atoms with van der Waals surface area (Å²) in [7, 11) is -4.48. The third-order valence-corrected chi connectivity index (χ3v) is 10.3. The van der Waals surface area contributed by atoms with Crippen LogP contribution in [0.1, 0.15) is 61.7 Å². The molecule has 0 N–H and O–H groups in total. The van der Waals surface area contributed by atoms with Gasteiger partial charge in [-0.3, -0.25) is 24.2 Å². The number of hydrogen-bond acceptors (Lipinski definition) is 8. The fourth-order valence-corrected chi connectivity index (χ4v) is 8.07. The van der Waals surface area contributed by atoms with Crippen molar-refractivity contribution in [3.63, 3.8) is 0 Å². The number of carbonyl (C=O) groups is 4. The highest BCUT2D eigenvalue weighted by Gasteiger charge is 2.55. The zero-order valence-corrected chi connectivity index (χ0v) is 22.9. The van der Waals surface area contributed by atoms with Gasteiger partial charge in [-0.2, -0.15) is 4.31 Å². The number of Topliss-reactive ketones (excluding diaryl/α,β-unsaturated/α-hetero) is 1. The second-order valence-corrected chi connectivity index (χ2v) is 12.8. The van der Waals surface area contributed by atoms with Gasteiger partial charge in [0.25, 0.3) is 15.1 Å². The Bertz CT molecular complexity index is 1200. The molecule has 0 spiro atoms. The van der Waals surface area contributed by atoms with Crippen molar-refractivity contribution in [3.05, 3.63) is 30.1 Å². The van der Waals surface area contributed by atoms with Gasteiger partial charge >= 0.3 is 0 Å². The van der Waals surface area contributed by atoms with Crippen LogP contribution in [0.4, 0.5) is 0 Å². The fraction of sp³-hybridized carbons (Fsp3) is 0.667. The summed E-state index contributed by atoms with van der Waals surface area (Å²) < 4.78 is 32.8. The van der Waals surface area contributed by atoms with Crippen LogP contribution in [0.25, 0.3) is 0 Å². The molecule has 11 nitrogen and oxygen atoms in total. The van der Waals surface area contributed by atoms with Crippen LogP contribution in [0.5, 0.6) is 0 Å². The normalized spacial score (nSPS) is 25.5. The molecule has 3 aliphatic heterocycles. The largest absolute Gasteiger partial charge is 0.378 e. The molecule has 1 aromatic rings. The Hall–Kier alpha value is -2.70. The quantitative estimate of drug-likeness (QED) is 0.486. The minimum absolute atomic E-state index is 0.0684. The van der Waals surface area contributed by atoms with Crippen LogP contribution in [0.3, 0.4) is 0 Å². The van der Waals surface area contributed by atoms with E-state index in [1.165, 1.54) is 35.8 Å². The molecular formula is C27H36N4O7S. The Morgan fingerprint density at radius 2 is 1.79 bits per heavy atom. The van der Waals surface area contributed by atoms with Crippen LogP contribution >= 0.6 is 0 Å². The van der Waals surface area contributed by atoms with E-state index in [4.69, 9.17) is 4.74 Å². The smallest absolute Gasteiger partial charge is 0.293 e. The van der Waals surface area contributed by atoms with Gasteiger partial charge in [0.05, 0.1) is 31.4 Å². The number of likely N-dealkylation sites (tertiary alicyclic amines) is 1. The molecule has 0 aromatic carbocycles. The zero-order valence-electron chi connectivity index (χ0n) is 22.1. The van der Waals surface area contributed by atoms with E-state index in [2.05, 4.69) is 4.98 Å². The molecular weight excluding hydrogens is 524 g/mol. The van der Waals surface area contributed by atoms with Crippen molar-refractivity contribution in [1.29, 1.82) is 0 Å². The SMILES string of the molecule is O=C1CN(S(=O)(=O)C(=O)c2cccnc2)C2CCN(C(=O)C(CC(=O)N3CCOCC3)CC3CCCCC3)C12. The predicted octanol–water partition coefficient (Wildman–Crippen LogP) is 1.24. The van der Waals surface area contributed by atoms with Crippen LogP contribution in [0, 0.1) is 11.8 Å². The standard InChI is InChI=1S/C27H36N4O7S/c32-23-18-31(39(36,37)27(35)20-7-4-9-28-17-20)22-8-10-30(25(22)23)26(34)21(15-19-5-2-1-3-6-19)16-24(33)29-11-13-38-14-12-29/h4,7,9,17,19,21-22,25H,1-3,5-6,8,10-16,18H2. The number of nitrogens with zero attached hydrogens (tertiary/aromatic N) is 4. The molecule has 2 amide bonds. The van der Waals surface area contributed by atoms with Gasteiger partial charge in [-0.05, 0) is 30.9 Å². The minimum Gasteiger partial charge on any atom is -0.378 e. The molecule has 1 aromatic heterocycles. The Kier molecular flexibility index (Phi) is 8.43. The third-order valence-electron chi connectivity index (χ3n) is 8.58. The van der Waals surface area contributed by atoms with E-state index in [-0.39, 0.29) is 36.8 Å². The maximum absolute atomic E-state index is 14.0. The average molecular weight is 561 g/mol. The van der Waals surface area contributed by atoms with Gasteiger partial charge in [-0.25, -0.2) is 8.42 Å². The highest BCUT2D eigenvalue weighted by Crippen LogP contribution is 2.36. The summed E-state index contributed by atoms with van der Waals surface area (Å²) in [5, 5.41) is -1.11. The Labute approximate surface area is 228 Å². The molecule has 3 atom stereocenters. The molecule has 39 heavy (non-hydrogen) atoms. The van der Waals surface area contributed by atoms with Crippen molar-refractivity contribution >= 4 is 32.7 Å². The topological polar surface area (TPSA) is 134 Å². The number of pyridine rings is 1. The lowest BCUT2D eigenvalue weighted by atomic mass is 9.81. The number of morpholine rings is 1. The van der Waals surface area contributed by atoms with Gasteiger partial charge in [-0.15, -0.1) is 0 Å². The monoisotopic (exact) mass is 560 g/mol. The van der Waals surface area contributed by atoms with Gasteiger partial charge in [-0.1, -0.05) is 32.1 Å². The molecule has 4 fully saturated rings. The average Bonchev–Trinajstić information content (AvgIpc) is 3.54. The zero-order chi connectivity index (χ0) is 27.6. The van der Waals surface area contributed by atoms with Crippen LogP contribution in [0.2, 0.25) is 0 Å². The summed E-state index contributed by atoms with van der Waals surface area (Å²) in [5.74, 6) is -0.980. The second kappa shape index (κ2) is 11.8. The summed E-state index contributed by atoms with van der Waals surface area (Å²) in [6.45, 7) is 1.69. The Morgan fingerprint density at radius 1 is 1.05 bits per heavy atom. The highest BCUT2D eigenvalue weighted by atomic mass is 32.2. The summed E-state index contributed by atoms with van der Waals surface area (Å²) >= 11 is 0. The maximum Gasteiger partial charge on any atom is 0.293 e. The van der Waals surface area contributed by atoms with E-state index in [1.54, 1.807) is 4.90 Å². The lowest BCUT2D eigenvalue weighted by molar-refractivity contribution is -0.145. The molecule has 1 aliphatic carbocycles. The van der Waals surface area contributed by atoms with E-state index in [9.17, 15) is 27.6 Å². The first-order chi connectivity index (χ1) is 18.8. The van der Waals surface area contributed by atoms with Crippen LogP contribution in [-0.2, 0) is 29.1 Å². The molecule has 12 heteroatoms. The van der Waals surface area contributed by atoms with Crippen LogP contribution in [0.15, 0.2) is 24.5 Å². The number of aromatic nitrogens is 1. The molecule has 5 rings (SSSR count). The second-order valence-electron chi connectivity index (χ2n) is 11.0. The van der Waals surface area contributed by atoms with Crippen LogP contribution in [-0.4, -0.2) is 102 Å². The molecule has 1 saturated carbocycles. The number of ether oxygens (including phenoxy) is 1. The predicted molar refractivity (Wildman–Crippen MR) is 140 cm³/mol. The van der Waals surface area contributed by atoms with Gasteiger partial charge in [0.15, 0.2) is 5.78 Å². The fourth-order valence-electron chi connectivity index (χ4n) is 6.56. The van der Waals surface area contributed by atoms with Crippen molar-refractivity contribution < 1.29 is 32.3 Å². The molecule has 4 heterocycles. The van der Waals surface area contributed by atoms with Gasteiger partial charge < -0.3 is 14.5 Å². The summed E-state index contributed by atoms with van der Waals surface area (Å²) in [6.07, 6.45) is 8.95. The minimum atomic E-state index is -4.48. The van der Waals surface area contributed by atoms with Crippen LogP contribution < -0.4 is 0 Å². The summed E-state index contributed by atoms with van der Waals surface area (Å²) in [4.78, 5) is 60.2. The van der Waals surface area contributed by atoms with E-state index < -0.39 is 45.5 Å². The molecule has 4 aliphatic rings. The lowest BCUT2D eigenvalue weighted by Gasteiger charge is -2.33. The van der Waals surface area contributed by atoms with E-state index in [1.807, 2.05) is 0 Å². The number of carbonyl (C=O) groups excluding carboxylic acids is 4. The third kappa shape index (κ3) is 5.78. The number of hydrogen-bond donors (Lipinski definition) is 0. The summed E-state index contributed by atoms with van der Waals surface area (Å²) in [5.41, 5.74) is -0.0755. The van der Waals surface area contributed by atoms with Crippen molar-refractivity contribution in [3.8, 4) is 0 Å². The number of rotatable bonds is 7. The van der Waals surface area contributed by atoms with E-state index in [0.717, 1.165) is 30.0 Å². The molecule has 3 saturated heterocycles. The van der Waals surface area contributed by atoms with E-state index >= 15 is 0 Å². The Morgan fingerprint density at radius 3 is 2.49 bits per heavy atom. The van der Waals surface area contributed by atoms with Crippen molar-refractivity contribution in [2.45, 2.75) is 63.5 Å². The number of fused-ring (bicyclic) bond motifs is 1. The van der Waals surface area contributed by atoms with Crippen molar-refractivity contribution in [1.82, 2.24) is 19.1 Å². The number of ketones is 1. The van der Waals surface area contributed by atoms with Crippen molar-refractivity contribution in [2.75, 3.05) is 39.4 Å². The Balaban J connectivity index is 1.33. The number of sulfonamides is 1. The lowest BCUT2D eigenvalue weighted by Crippen LogP contribution is -2.48. The first-order valence-corrected chi connectivity index (χ1v) is 15.4. The van der Waals surface area contributed by atoms with Gasteiger partial charge in [0.1, 0.15) is 6.04 Å². The molecule has 212 valence electrons. The molecule has 0 radical (unpaired) electrons. The first-order valence-electron chi connectivity index (χ1n) is 13.9. The highest BCUT2D eigenvalue weighted by molar-refractivity contribution is 8.04. The van der Waals surface area contributed by atoms with Gasteiger partial charge in [0.2, 0.25) is 11.8 Å². The molecule has 0 bridgehead atoms. The van der Waals surface area contributed by atoms with Gasteiger partial charge in [0, 0.05) is 44.4 Å².